The number of hydrogen-bond donors (Lipinski definition) is 1. The maximum atomic E-state index is 12.7. The van der Waals surface area contributed by atoms with Crippen LogP contribution in [0, 0.1) is 13.8 Å². The first-order valence-electron chi connectivity index (χ1n) is 11.5. The monoisotopic (exact) mass is 457 g/mol. The first-order valence-corrected chi connectivity index (χ1v) is 11.5. The second-order valence-electron chi connectivity index (χ2n) is 8.49. The minimum Gasteiger partial charge on any atom is -0.497 e. The maximum absolute atomic E-state index is 12.7. The lowest BCUT2D eigenvalue weighted by Gasteiger charge is -2.18. The van der Waals surface area contributed by atoms with E-state index in [-0.39, 0.29) is 11.9 Å². The van der Waals surface area contributed by atoms with E-state index in [0.717, 1.165) is 45.0 Å². The molecule has 0 spiro atoms. The maximum Gasteiger partial charge on any atom is 0.224 e. The summed E-state index contributed by atoms with van der Waals surface area (Å²) < 4.78 is 13.5. The van der Waals surface area contributed by atoms with Crippen LogP contribution in [-0.4, -0.2) is 29.2 Å². The van der Waals surface area contributed by atoms with Crippen molar-refractivity contribution in [1.29, 1.82) is 0 Å². The van der Waals surface area contributed by atoms with Crippen molar-refractivity contribution in [3.8, 4) is 11.5 Å². The lowest BCUT2D eigenvalue weighted by Crippen LogP contribution is -2.30. The molecule has 1 atom stereocenters. The minimum atomic E-state index is -0.252. The van der Waals surface area contributed by atoms with Gasteiger partial charge in [-0.15, -0.1) is 0 Å². The molecule has 6 heteroatoms. The van der Waals surface area contributed by atoms with E-state index in [1.54, 1.807) is 7.11 Å². The Balaban J connectivity index is 1.48. The lowest BCUT2D eigenvalue weighted by molar-refractivity contribution is -0.121. The topological polar surface area (TPSA) is 65.4 Å². The van der Waals surface area contributed by atoms with E-state index in [2.05, 4.69) is 41.9 Å². The normalized spacial score (nSPS) is 11.9. The van der Waals surface area contributed by atoms with Crippen LogP contribution in [0.15, 0.2) is 66.7 Å². The molecule has 4 aromatic rings. The largest absolute Gasteiger partial charge is 0.497 e. The molecular formula is C28H31N3O3. The standard InChI is InChI=1S/C28H31N3O3/c1-19-8-7-9-20(2)27(19)34-17-16-31-25-11-6-5-10-24(25)30-28(31)21(3)29-26(32)18-22-12-14-23(33-4)15-13-22/h5-15,21H,16-18H2,1-4H3,(H,29,32). The summed E-state index contributed by atoms with van der Waals surface area (Å²) in [4.78, 5) is 17.6. The first-order chi connectivity index (χ1) is 16.5. The van der Waals surface area contributed by atoms with Gasteiger partial charge in [0.05, 0.1) is 37.2 Å². The van der Waals surface area contributed by atoms with Crippen molar-refractivity contribution in [1.82, 2.24) is 14.9 Å². The third-order valence-electron chi connectivity index (χ3n) is 5.94. The second kappa shape index (κ2) is 10.4. The van der Waals surface area contributed by atoms with Crippen molar-refractivity contribution < 1.29 is 14.3 Å². The van der Waals surface area contributed by atoms with E-state index >= 15 is 0 Å². The van der Waals surface area contributed by atoms with Gasteiger partial charge < -0.3 is 19.4 Å². The summed E-state index contributed by atoms with van der Waals surface area (Å²) in [5, 5.41) is 3.11. The van der Waals surface area contributed by atoms with E-state index in [0.29, 0.717) is 19.6 Å². The predicted molar refractivity (Wildman–Crippen MR) is 134 cm³/mol. The van der Waals surface area contributed by atoms with Crippen molar-refractivity contribution in [2.75, 3.05) is 13.7 Å². The number of carbonyl (C=O) groups is 1. The number of hydrogen-bond acceptors (Lipinski definition) is 4. The summed E-state index contributed by atoms with van der Waals surface area (Å²) >= 11 is 0. The number of aromatic nitrogens is 2. The fourth-order valence-corrected chi connectivity index (χ4v) is 4.21. The summed E-state index contributed by atoms with van der Waals surface area (Å²) in [5.41, 5.74) is 5.10. The van der Waals surface area contributed by atoms with Crippen molar-refractivity contribution in [3.63, 3.8) is 0 Å². The van der Waals surface area contributed by atoms with Crippen molar-refractivity contribution in [3.05, 3.63) is 89.2 Å². The lowest BCUT2D eigenvalue weighted by atomic mass is 10.1. The van der Waals surface area contributed by atoms with Crippen molar-refractivity contribution in [2.24, 2.45) is 0 Å². The van der Waals surface area contributed by atoms with Gasteiger partial charge in [-0.1, -0.05) is 42.5 Å². The fourth-order valence-electron chi connectivity index (χ4n) is 4.21. The number of ether oxygens (including phenoxy) is 2. The smallest absolute Gasteiger partial charge is 0.224 e. The van der Waals surface area contributed by atoms with Crippen LogP contribution in [0.3, 0.4) is 0 Å². The molecule has 0 aliphatic carbocycles. The van der Waals surface area contributed by atoms with Gasteiger partial charge in [0.25, 0.3) is 0 Å². The van der Waals surface area contributed by atoms with Gasteiger partial charge in [0.1, 0.15) is 23.9 Å². The Labute approximate surface area is 200 Å². The summed E-state index contributed by atoms with van der Waals surface area (Å²) in [6, 6.07) is 21.5. The van der Waals surface area contributed by atoms with Crippen LogP contribution in [-0.2, 0) is 17.8 Å². The van der Waals surface area contributed by atoms with E-state index in [4.69, 9.17) is 14.5 Å². The number of aryl methyl sites for hydroxylation is 2. The average molecular weight is 458 g/mol. The highest BCUT2D eigenvalue weighted by Gasteiger charge is 2.19. The molecule has 34 heavy (non-hydrogen) atoms. The number of benzene rings is 3. The van der Waals surface area contributed by atoms with E-state index in [9.17, 15) is 4.79 Å². The number of imidazole rings is 1. The molecule has 176 valence electrons. The average Bonchev–Trinajstić information content (AvgIpc) is 3.20. The number of amides is 1. The summed E-state index contributed by atoms with van der Waals surface area (Å²) in [6.07, 6.45) is 0.296. The van der Waals surface area contributed by atoms with Crippen molar-refractivity contribution >= 4 is 16.9 Å². The number of carbonyl (C=O) groups excluding carboxylic acids is 1. The fraction of sp³-hybridized carbons (Fsp3) is 0.286. The van der Waals surface area contributed by atoms with Gasteiger partial charge in [-0.05, 0) is 61.7 Å². The zero-order chi connectivity index (χ0) is 24.1. The quantitative estimate of drug-likeness (QED) is 0.377. The van der Waals surface area contributed by atoms with E-state index in [1.165, 1.54) is 0 Å². The Morgan fingerprint density at radius 2 is 1.71 bits per heavy atom. The molecule has 6 nitrogen and oxygen atoms in total. The third-order valence-corrected chi connectivity index (χ3v) is 5.94. The third kappa shape index (κ3) is 5.22. The van der Waals surface area contributed by atoms with Gasteiger partial charge in [0.2, 0.25) is 5.91 Å². The van der Waals surface area contributed by atoms with E-state index < -0.39 is 0 Å². The second-order valence-corrected chi connectivity index (χ2v) is 8.49. The number of fused-ring (bicyclic) bond motifs is 1. The van der Waals surface area contributed by atoms with Gasteiger partial charge >= 0.3 is 0 Å². The van der Waals surface area contributed by atoms with Crippen LogP contribution in [0.5, 0.6) is 11.5 Å². The summed E-state index contributed by atoms with van der Waals surface area (Å²) in [7, 11) is 1.63. The number of nitrogens with one attached hydrogen (secondary N) is 1. The molecule has 1 N–H and O–H groups in total. The van der Waals surface area contributed by atoms with Crippen LogP contribution in [0.25, 0.3) is 11.0 Å². The molecule has 0 aliphatic heterocycles. The molecule has 0 bridgehead atoms. The Hall–Kier alpha value is -3.80. The molecule has 1 aromatic heterocycles. The van der Waals surface area contributed by atoms with Crippen LogP contribution in [0.4, 0.5) is 0 Å². The van der Waals surface area contributed by atoms with E-state index in [1.807, 2.05) is 55.5 Å². The Morgan fingerprint density at radius 3 is 2.41 bits per heavy atom. The number of para-hydroxylation sites is 3. The summed E-state index contributed by atoms with van der Waals surface area (Å²) in [5.74, 6) is 2.46. The van der Waals surface area contributed by atoms with Crippen LogP contribution < -0.4 is 14.8 Å². The highest BCUT2D eigenvalue weighted by molar-refractivity contribution is 5.79. The van der Waals surface area contributed by atoms with Gasteiger partial charge in [0.15, 0.2) is 0 Å². The van der Waals surface area contributed by atoms with Crippen LogP contribution in [0.1, 0.15) is 35.5 Å². The Morgan fingerprint density at radius 1 is 1.00 bits per heavy atom. The molecule has 1 heterocycles. The van der Waals surface area contributed by atoms with Crippen molar-refractivity contribution in [2.45, 2.75) is 39.8 Å². The molecular weight excluding hydrogens is 426 g/mol. The number of methoxy groups -OCH3 is 1. The molecule has 0 fully saturated rings. The predicted octanol–water partition coefficient (Wildman–Crippen LogP) is 5.16. The zero-order valence-corrected chi connectivity index (χ0v) is 20.2. The highest BCUT2D eigenvalue weighted by Crippen LogP contribution is 2.24. The van der Waals surface area contributed by atoms with Gasteiger partial charge in [0, 0.05) is 0 Å². The molecule has 3 aromatic carbocycles. The molecule has 4 rings (SSSR count). The van der Waals surface area contributed by atoms with Crippen LogP contribution >= 0.6 is 0 Å². The van der Waals surface area contributed by atoms with Gasteiger partial charge in [-0.2, -0.15) is 0 Å². The molecule has 0 saturated carbocycles. The van der Waals surface area contributed by atoms with Crippen LogP contribution in [0.2, 0.25) is 0 Å². The Bertz CT molecular complexity index is 1260. The first kappa shape index (κ1) is 23.4. The molecule has 1 unspecified atom stereocenters. The highest BCUT2D eigenvalue weighted by atomic mass is 16.5. The molecule has 0 saturated heterocycles. The minimum absolute atomic E-state index is 0.0527. The molecule has 0 aliphatic rings. The number of rotatable bonds is 9. The molecule has 0 radical (unpaired) electrons. The number of nitrogens with zero attached hydrogens (tertiary/aromatic N) is 2. The molecule has 1 amide bonds. The van der Waals surface area contributed by atoms with Gasteiger partial charge in [-0.3, -0.25) is 4.79 Å². The Kier molecular flexibility index (Phi) is 7.16. The zero-order valence-electron chi connectivity index (χ0n) is 20.2. The van der Waals surface area contributed by atoms with Gasteiger partial charge in [-0.25, -0.2) is 4.98 Å². The SMILES string of the molecule is COc1ccc(CC(=O)NC(C)c2nc3ccccc3n2CCOc2c(C)cccc2C)cc1. The summed E-state index contributed by atoms with van der Waals surface area (Å²) in [6.45, 7) is 7.21.